The number of amides is 1. The maximum absolute atomic E-state index is 13.0. The van der Waals surface area contributed by atoms with E-state index in [1.165, 1.54) is 17.7 Å². The Hall–Kier alpha value is -2.05. The summed E-state index contributed by atoms with van der Waals surface area (Å²) in [6.07, 6.45) is 4.45. The molecule has 0 bridgehead atoms. The normalized spacial score (nSPS) is 23.8. The minimum atomic E-state index is -0.0668. The van der Waals surface area contributed by atoms with Crippen LogP contribution in [0.3, 0.4) is 0 Å². The molecule has 1 aliphatic heterocycles. The van der Waals surface area contributed by atoms with Crippen molar-refractivity contribution in [1.29, 1.82) is 0 Å². The van der Waals surface area contributed by atoms with E-state index in [9.17, 15) is 9.90 Å². The molecule has 146 valence electrons. The molecule has 2 aromatic rings. The number of phenolic OH excluding ortho intramolecular Hbond substituents is 1. The van der Waals surface area contributed by atoms with E-state index in [1.807, 2.05) is 6.92 Å². The Kier molecular flexibility index (Phi) is 5.10. The van der Waals surface area contributed by atoms with Crippen molar-refractivity contribution in [1.82, 2.24) is 5.32 Å². The fourth-order valence-corrected chi connectivity index (χ4v) is 4.60. The van der Waals surface area contributed by atoms with Crippen LogP contribution in [0.5, 0.6) is 5.75 Å². The third-order valence-corrected chi connectivity index (χ3v) is 6.27. The molecule has 1 saturated carbocycles. The second-order valence-electron chi connectivity index (χ2n) is 8.31. The molecule has 0 spiro atoms. The molecule has 1 saturated heterocycles. The number of rotatable bonds is 4. The Morgan fingerprint density at radius 1 is 1.22 bits per heavy atom. The number of benzene rings is 1. The highest BCUT2D eigenvalue weighted by Gasteiger charge is 2.28. The minimum absolute atomic E-state index is 0.0668. The molecule has 6 nitrogen and oxygen atoms in total. The molecule has 6 heteroatoms. The molecule has 4 N–H and O–H groups in total. The van der Waals surface area contributed by atoms with Crippen LogP contribution in [-0.4, -0.2) is 50.3 Å². The lowest BCUT2D eigenvalue weighted by Crippen LogP contribution is -3.26. The topological polar surface area (TPSA) is 71.3 Å². The maximum atomic E-state index is 13.0. The number of aromatic hydroxyl groups is 1. The van der Waals surface area contributed by atoms with Gasteiger partial charge in [0, 0.05) is 11.4 Å². The molecule has 27 heavy (non-hydrogen) atoms. The van der Waals surface area contributed by atoms with Gasteiger partial charge in [-0.25, -0.2) is 0 Å². The van der Waals surface area contributed by atoms with E-state index in [4.69, 9.17) is 4.42 Å². The highest BCUT2D eigenvalue weighted by Crippen LogP contribution is 2.33. The zero-order valence-electron chi connectivity index (χ0n) is 16.4. The molecular weight excluding hydrogens is 342 g/mol. The van der Waals surface area contributed by atoms with Crippen molar-refractivity contribution in [2.24, 2.45) is 0 Å². The number of quaternary nitrogens is 2. The first-order valence-corrected chi connectivity index (χ1v) is 10.2. The van der Waals surface area contributed by atoms with E-state index >= 15 is 0 Å². The summed E-state index contributed by atoms with van der Waals surface area (Å²) in [5, 5.41) is 14.6. The molecule has 1 amide bonds. The summed E-state index contributed by atoms with van der Waals surface area (Å²) in [7, 11) is 2.22. The molecule has 0 atom stereocenters. The number of nitrogens with one attached hydrogen (secondary N) is 3. The number of carbonyl (C=O) groups is 1. The van der Waals surface area contributed by atoms with Crippen LogP contribution in [0.4, 0.5) is 0 Å². The average Bonchev–Trinajstić information content (AvgIpc) is 3.26. The highest BCUT2D eigenvalue weighted by atomic mass is 16.3. The average molecular weight is 373 g/mol. The van der Waals surface area contributed by atoms with Crippen LogP contribution < -0.4 is 15.1 Å². The lowest BCUT2D eigenvalue weighted by molar-refractivity contribution is -1.01. The van der Waals surface area contributed by atoms with E-state index < -0.39 is 0 Å². The van der Waals surface area contributed by atoms with E-state index in [0.29, 0.717) is 16.9 Å². The lowest BCUT2D eigenvalue weighted by atomic mass is 10.0. The standard InChI is InChI=1S/C21H29N3O3/c1-14-19(21(26)22-15-5-3-4-6-15)20-16(17(25)7-8-18(20)27-14)13-24-11-9-23(2)10-12-24/h7-8,15,25H,3-6,9-13H2,1-2H3,(H,22,26)/p+2. The summed E-state index contributed by atoms with van der Waals surface area (Å²) in [6, 6.07) is 3.73. The van der Waals surface area contributed by atoms with Crippen LogP contribution in [-0.2, 0) is 6.54 Å². The van der Waals surface area contributed by atoms with E-state index in [0.717, 1.165) is 56.5 Å². The van der Waals surface area contributed by atoms with Crippen LogP contribution in [0, 0.1) is 6.92 Å². The molecule has 2 fully saturated rings. The van der Waals surface area contributed by atoms with Crippen molar-refractivity contribution in [3.63, 3.8) is 0 Å². The van der Waals surface area contributed by atoms with Gasteiger partial charge in [-0.3, -0.25) is 4.79 Å². The van der Waals surface area contributed by atoms with E-state index in [2.05, 4.69) is 12.4 Å². The first-order chi connectivity index (χ1) is 13.0. The summed E-state index contributed by atoms with van der Waals surface area (Å²) < 4.78 is 5.90. The van der Waals surface area contributed by atoms with Gasteiger partial charge in [-0.2, -0.15) is 0 Å². The van der Waals surface area contributed by atoms with Crippen molar-refractivity contribution >= 4 is 16.9 Å². The van der Waals surface area contributed by atoms with Crippen molar-refractivity contribution in [3.8, 4) is 5.75 Å². The van der Waals surface area contributed by atoms with Crippen molar-refractivity contribution in [3.05, 3.63) is 29.0 Å². The quantitative estimate of drug-likeness (QED) is 0.611. The molecule has 1 aromatic heterocycles. The van der Waals surface area contributed by atoms with Crippen molar-refractivity contribution in [2.45, 2.75) is 45.2 Å². The maximum Gasteiger partial charge on any atom is 0.255 e. The summed E-state index contributed by atoms with van der Waals surface area (Å²) in [5.74, 6) is 0.824. The monoisotopic (exact) mass is 373 g/mol. The number of aryl methyl sites for hydroxylation is 1. The zero-order valence-corrected chi connectivity index (χ0v) is 16.4. The first-order valence-electron chi connectivity index (χ1n) is 10.2. The van der Waals surface area contributed by atoms with Gasteiger partial charge >= 0.3 is 0 Å². The second kappa shape index (κ2) is 7.52. The number of fused-ring (bicyclic) bond motifs is 1. The van der Waals surface area contributed by atoms with Crippen LogP contribution in [0.25, 0.3) is 11.0 Å². The van der Waals surface area contributed by atoms with E-state index in [-0.39, 0.29) is 17.7 Å². The molecule has 0 unspecified atom stereocenters. The predicted molar refractivity (Wildman–Crippen MR) is 103 cm³/mol. The highest BCUT2D eigenvalue weighted by molar-refractivity contribution is 6.09. The number of phenols is 1. The van der Waals surface area contributed by atoms with Crippen LogP contribution >= 0.6 is 0 Å². The summed E-state index contributed by atoms with van der Waals surface area (Å²) in [5.41, 5.74) is 2.13. The lowest BCUT2D eigenvalue weighted by Gasteiger charge is -2.27. The number of furan rings is 1. The largest absolute Gasteiger partial charge is 0.507 e. The fraction of sp³-hybridized carbons (Fsp3) is 0.571. The Morgan fingerprint density at radius 2 is 1.93 bits per heavy atom. The Labute approximate surface area is 160 Å². The van der Waals surface area contributed by atoms with Gasteiger partial charge in [0.15, 0.2) is 0 Å². The molecule has 2 aliphatic rings. The molecule has 4 rings (SSSR count). The molecule has 0 radical (unpaired) electrons. The van der Waals surface area contributed by atoms with Gasteiger partial charge in [0.05, 0.1) is 18.2 Å². The Bertz CT molecular complexity index is 831. The van der Waals surface area contributed by atoms with Gasteiger partial charge in [-0.05, 0) is 31.9 Å². The number of piperazine rings is 1. The fourth-order valence-electron chi connectivity index (χ4n) is 4.60. The van der Waals surface area contributed by atoms with Crippen molar-refractivity contribution < 1.29 is 24.1 Å². The third-order valence-electron chi connectivity index (χ3n) is 6.27. The summed E-state index contributed by atoms with van der Waals surface area (Å²) >= 11 is 0. The van der Waals surface area contributed by atoms with Gasteiger partial charge in [0.2, 0.25) is 0 Å². The van der Waals surface area contributed by atoms with Crippen molar-refractivity contribution in [2.75, 3.05) is 33.2 Å². The summed E-state index contributed by atoms with van der Waals surface area (Å²) in [6.45, 7) is 6.97. The van der Waals surface area contributed by atoms with Gasteiger partial charge in [-0.1, -0.05) is 12.8 Å². The Morgan fingerprint density at radius 3 is 2.63 bits per heavy atom. The predicted octanol–water partition coefficient (Wildman–Crippen LogP) is 0.0324. The van der Waals surface area contributed by atoms with Gasteiger partial charge in [-0.15, -0.1) is 0 Å². The third kappa shape index (κ3) is 3.69. The van der Waals surface area contributed by atoms with Gasteiger partial charge in [0.1, 0.15) is 49.8 Å². The van der Waals surface area contributed by atoms with Gasteiger partial charge in [0.25, 0.3) is 5.91 Å². The second-order valence-corrected chi connectivity index (χ2v) is 8.31. The van der Waals surface area contributed by atoms with Gasteiger partial charge < -0.3 is 24.6 Å². The van der Waals surface area contributed by atoms with Crippen LogP contribution in [0.1, 0.15) is 47.4 Å². The van der Waals surface area contributed by atoms with Crippen LogP contribution in [0.2, 0.25) is 0 Å². The number of carbonyl (C=O) groups excluding carboxylic acids is 1. The zero-order chi connectivity index (χ0) is 19.0. The summed E-state index contributed by atoms with van der Waals surface area (Å²) in [4.78, 5) is 16.0. The SMILES string of the molecule is Cc1oc2ccc(O)c(C[NH+]3CC[NH+](C)CC3)c2c1C(=O)NC1CCCC1. The van der Waals surface area contributed by atoms with Crippen LogP contribution in [0.15, 0.2) is 16.5 Å². The molecule has 2 heterocycles. The molecular formula is C21H31N3O3+2. The Balaban J connectivity index is 1.67. The molecule has 1 aliphatic carbocycles. The first kappa shape index (κ1) is 18.3. The molecule has 1 aromatic carbocycles. The number of hydrogen-bond donors (Lipinski definition) is 4. The minimum Gasteiger partial charge on any atom is -0.507 e. The number of hydrogen-bond acceptors (Lipinski definition) is 3. The van der Waals surface area contributed by atoms with E-state index in [1.54, 1.807) is 17.0 Å². The number of likely N-dealkylation sites (N-methyl/N-ethyl adjacent to an activating group) is 1. The smallest absolute Gasteiger partial charge is 0.255 e.